The first-order valence-electron chi connectivity index (χ1n) is 9.01. The molecule has 0 radical (unpaired) electrons. The van der Waals surface area contributed by atoms with Crippen LogP contribution in [0.4, 0.5) is 0 Å². The standard InChI is InChI=1S/C21H28N2O3/c1-24-19-10-9-18(20(25-2)21(19)26-3)16-23-13-11-22(12-14-23)15-17-7-5-4-6-8-17/h4-10H,11-16H2,1-3H3. The van der Waals surface area contributed by atoms with Crippen molar-refractivity contribution in [3.63, 3.8) is 0 Å². The van der Waals surface area contributed by atoms with Gasteiger partial charge in [-0.3, -0.25) is 9.80 Å². The topological polar surface area (TPSA) is 34.2 Å². The van der Waals surface area contributed by atoms with Crippen molar-refractivity contribution in [2.75, 3.05) is 47.5 Å². The van der Waals surface area contributed by atoms with Gasteiger partial charge in [0.05, 0.1) is 21.3 Å². The third-order valence-electron chi connectivity index (χ3n) is 4.89. The first kappa shape index (κ1) is 18.5. The van der Waals surface area contributed by atoms with Gasteiger partial charge in [-0.2, -0.15) is 0 Å². The molecule has 1 aliphatic heterocycles. The Kier molecular flexibility index (Phi) is 6.36. The Morgan fingerprint density at radius 2 is 1.31 bits per heavy atom. The van der Waals surface area contributed by atoms with Crippen molar-refractivity contribution in [3.8, 4) is 17.2 Å². The number of hydrogen-bond acceptors (Lipinski definition) is 5. The molecule has 1 fully saturated rings. The molecule has 2 aromatic rings. The van der Waals surface area contributed by atoms with Crippen LogP contribution in [0.25, 0.3) is 0 Å². The molecule has 1 aliphatic rings. The summed E-state index contributed by atoms with van der Waals surface area (Å²) in [6.45, 7) is 6.11. The van der Waals surface area contributed by atoms with Crippen molar-refractivity contribution in [2.45, 2.75) is 13.1 Å². The zero-order chi connectivity index (χ0) is 18.4. The summed E-state index contributed by atoms with van der Waals surface area (Å²) in [5, 5.41) is 0. The van der Waals surface area contributed by atoms with Gasteiger partial charge in [-0.15, -0.1) is 0 Å². The van der Waals surface area contributed by atoms with Gasteiger partial charge in [0, 0.05) is 44.8 Å². The van der Waals surface area contributed by atoms with Crippen LogP contribution < -0.4 is 14.2 Å². The maximum absolute atomic E-state index is 5.61. The van der Waals surface area contributed by atoms with Crippen molar-refractivity contribution in [2.24, 2.45) is 0 Å². The number of nitrogens with zero attached hydrogens (tertiary/aromatic N) is 2. The summed E-state index contributed by atoms with van der Waals surface area (Å²) < 4.78 is 16.5. The third-order valence-corrected chi connectivity index (χ3v) is 4.89. The summed E-state index contributed by atoms with van der Waals surface area (Å²) in [4.78, 5) is 4.98. The summed E-state index contributed by atoms with van der Waals surface area (Å²) in [6, 6.07) is 14.7. The largest absolute Gasteiger partial charge is 0.493 e. The zero-order valence-corrected chi connectivity index (χ0v) is 15.9. The molecule has 1 saturated heterocycles. The minimum absolute atomic E-state index is 0.662. The second-order valence-corrected chi connectivity index (χ2v) is 6.53. The third kappa shape index (κ3) is 4.29. The van der Waals surface area contributed by atoms with Gasteiger partial charge in [0.25, 0.3) is 0 Å². The minimum atomic E-state index is 0.662. The van der Waals surface area contributed by atoms with E-state index in [9.17, 15) is 0 Å². The Morgan fingerprint density at radius 1 is 0.692 bits per heavy atom. The van der Waals surface area contributed by atoms with Crippen LogP contribution >= 0.6 is 0 Å². The smallest absolute Gasteiger partial charge is 0.203 e. The SMILES string of the molecule is COc1ccc(CN2CCN(Cc3ccccc3)CC2)c(OC)c1OC. The molecule has 26 heavy (non-hydrogen) atoms. The summed E-state index contributed by atoms with van der Waals surface area (Å²) in [5.74, 6) is 2.12. The van der Waals surface area contributed by atoms with Crippen LogP contribution in [-0.2, 0) is 13.1 Å². The number of piperazine rings is 1. The second kappa shape index (κ2) is 8.92. The number of rotatable bonds is 7. The number of ether oxygens (including phenoxy) is 3. The lowest BCUT2D eigenvalue weighted by atomic mass is 10.1. The monoisotopic (exact) mass is 356 g/mol. The molecule has 3 rings (SSSR count). The van der Waals surface area contributed by atoms with Crippen molar-refractivity contribution in [1.82, 2.24) is 9.80 Å². The minimum Gasteiger partial charge on any atom is -0.493 e. The Labute approximate surface area is 156 Å². The van der Waals surface area contributed by atoms with Gasteiger partial charge < -0.3 is 14.2 Å². The van der Waals surface area contributed by atoms with Crippen molar-refractivity contribution in [3.05, 3.63) is 53.6 Å². The van der Waals surface area contributed by atoms with E-state index in [0.29, 0.717) is 11.5 Å². The van der Waals surface area contributed by atoms with E-state index in [1.54, 1.807) is 21.3 Å². The lowest BCUT2D eigenvalue weighted by Crippen LogP contribution is -2.45. The fourth-order valence-electron chi connectivity index (χ4n) is 3.48. The summed E-state index contributed by atoms with van der Waals surface area (Å²) in [7, 11) is 4.97. The average molecular weight is 356 g/mol. The van der Waals surface area contributed by atoms with Crippen LogP contribution in [0.2, 0.25) is 0 Å². The molecule has 0 spiro atoms. The van der Waals surface area contributed by atoms with Crippen molar-refractivity contribution < 1.29 is 14.2 Å². The maximum Gasteiger partial charge on any atom is 0.203 e. The van der Waals surface area contributed by atoms with Crippen LogP contribution in [0.3, 0.4) is 0 Å². The van der Waals surface area contributed by atoms with Gasteiger partial charge in [0.2, 0.25) is 5.75 Å². The van der Waals surface area contributed by atoms with Crippen LogP contribution in [0.1, 0.15) is 11.1 Å². The highest BCUT2D eigenvalue weighted by molar-refractivity contribution is 5.55. The van der Waals surface area contributed by atoms with E-state index in [0.717, 1.165) is 50.6 Å². The van der Waals surface area contributed by atoms with Gasteiger partial charge in [-0.1, -0.05) is 36.4 Å². The first-order chi connectivity index (χ1) is 12.7. The molecule has 0 saturated carbocycles. The second-order valence-electron chi connectivity index (χ2n) is 6.53. The molecule has 5 heteroatoms. The molecule has 0 unspecified atom stereocenters. The molecule has 0 aliphatic carbocycles. The van der Waals surface area contributed by atoms with E-state index in [-0.39, 0.29) is 0 Å². The van der Waals surface area contributed by atoms with Gasteiger partial charge >= 0.3 is 0 Å². The predicted molar refractivity (Wildman–Crippen MR) is 103 cm³/mol. The highest BCUT2D eigenvalue weighted by Crippen LogP contribution is 2.40. The van der Waals surface area contributed by atoms with Crippen LogP contribution in [-0.4, -0.2) is 57.3 Å². The Hall–Kier alpha value is -2.24. The van der Waals surface area contributed by atoms with Gasteiger partial charge in [-0.05, 0) is 11.6 Å². The van der Waals surface area contributed by atoms with Crippen molar-refractivity contribution in [1.29, 1.82) is 0 Å². The highest BCUT2D eigenvalue weighted by Gasteiger charge is 2.21. The van der Waals surface area contributed by atoms with E-state index in [1.807, 2.05) is 6.07 Å². The Bertz CT molecular complexity index is 698. The first-order valence-corrected chi connectivity index (χ1v) is 9.01. The summed E-state index contributed by atoms with van der Waals surface area (Å²) >= 11 is 0. The zero-order valence-electron chi connectivity index (χ0n) is 15.9. The fraction of sp³-hybridized carbons (Fsp3) is 0.429. The number of benzene rings is 2. The van der Waals surface area contributed by atoms with E-state index >= 15 is 0 Å². The van der Waals surface area contributed by atoms with E-state index in [1.165, 1.54) is 5.56 Å². The van der Waals surface area contributed by atoms with Gasteiger partial charge in [0.1, 0.15) is 0 Å². The number of methoxy groups -OCH3 is 3. The Balaban J connectivity index is 1.61. The van der Waals surface area contributed by atoms with Gasteiger partial charge in [0.15, 0.2) is 11.5 Å². The normalized spacial score (nSPS) is 15.7. The molecule has 0 amide bonds. The van der Waals surface area contributed by atoms with E-state index < -0.39 is 0 Å². The lowest BCUT2D eigenvalue weighted by molar-refractivity contribution is 0.121. The molecular formula is C21H28N2O3. The quantitative estimate of drug-likeness (QED) is 0.762. The van der Waals surface area contributed by atoms with Gasteiger partial charge in [-0.25, -0.2) is 0 Å². The molecular weight excluding hydrogens is 328 g/mol. The van der Waals surface area contributed by atoms with Crippen molar-refractivity contribution >= 4 is 0 Å². The molecule has 5 nitrogen and oxygen atoms in total. The molecule has 0 N–H and O–H groups in total. The summed E-state index contributed by atoms with van der Waals surface area (Å²) in [5.41, 5.74) is 2.50. The molecule has 0 aromatic heterocycles. The predicted octanol–water partition coefficient (Wildman–Crippen LogP) is 3.03. The molecule has 140 valence electrons. The molecule has 0 atom stereocenters. The average Bonchev–Trinajstić information content (AvgIpc) is 2.69. The molecule has 2 aromatic carbocycles. The number of hydrogen-bond donors (Lipinski definition) is 0. The van der Waals surface area contributed by atoms with E-state index in [2.05, 4.69) is 46.2 Å². The van der Waals surface area contributed by atoms with E-state index in [4.69, 9.17) is 14.2 Å². The molecule has 1 heterocycles. The Morgan fingerprint density at radius 3 is 1.88 bits per heavy atom. The van der Waals surface area contributed by atoms with Crippen LogP contribution in [0.15, 0.2) is 42.5 Å². The van der Waals surface area contributed by atoms with Crippen LogP contribution in [0.5, 0.6) is 17.2 Å². The maximum atomic E-state index is 5.61. The highest BCUT2D eigenvalue weighted by atomic mass is 16.5. The molecule has 0 bridgehead atoms. The fourth-order valence-corrected chi connectivity index (χ4v) is 3.48. The summed E-state index contributed by atoms with van der Waals surface area (Å²) in [6.07, 6.45) is 0. The van der Waals surface area contributed by atoms with Crippen LogP contribution in [0, 0.1) is 0 Å². The lowest BCUT2D eigenvalue weighted by Gasteiger charge is -2.35.